The van der Waals surface area contributed by atoms with Crippen LogP contribution in [0.15, 0.2) is 54.6 Å². The number of amides is 1. The zero-order chi connectivity index (χ0) is 28.8. The van der Waals surface area contributed by atoms with Crippen LogP contribution in [-0.4, -0.2) is 64.2 Å². The minimum absolute atomic E-state index is 0.0373. The molecule has 2 heterocycles. The van der Waals surface area contributed by atoms with E-state index in [9.17, 15) is 31.1 Å². The molecule has 2 aromatic carbocycles. The average Bonchev–Trinajstić information content (AvgIpc) is 2.91. The van der Waals surface area contributed by atoms with Gasteiger partial charge in [0.25, 0.3) is 0 Å². The minimum atomic E-state index is -4.66. The van der Waals surface area contributed by atoms with Crippen LogP contribution in [0.3, 0.4) is 0 Å². The normalized spacial score (nSPS) is 14.5. The van der Waals surface area contributed by atoms with Crippen LogP contribution in [0.5, 0.6) is 6.01 Å². The number of hydrogen-bond acceptors (Lipinski definition) is 8. The predicted octanol–water partition coefficient (Wildman–Crippen LogP) is 5.09. The molecular weight excluding hydrogens is 544 g/mol. The third-order valence-electron chi connectivity index (χ3n) is 5.82. The van der Waals surface area contributed by atoms with E-state index < -0.39 is 30.5 Å². The van der Waals surface area contributed by atoms with Crippen molar-refractivity contribution in [3.63, 3.8) is 0 Å². The highest BCUT2D eigenvalue weighted by atomic mass is 19.4. The van der Waals surface area contributed by atoms with Gasteiger partial charge >= 0.3 is 18.4 Å². The molecule has 0 atom stereocenters. The molecule has 15 heteroatoms. The third kappa shape index (κ3) is 8.61. The van der Waals surface area contributed by atoms with Crippen LogP contribution in [0, 0.1) is 0 Å². The first-order valence-electron chi connectivity index (χ1n) is 12.2. The number of likely N-dealkylation sites (tertiary alicyclic amines) is 1. The van der Waals surface area contributed by atoms with Gasteiger partial charge in [-0.2, -0.15) is 41.3 Å². The molecule has 4 rings (SSSR count). The number of hydrogen-bond donors (Lipinski definition) is 3. The van der Waals surface area contributed by atoms with Crippen LogP contribution in [0.2, 0.25) is 0 Å². The van der Waals surface area contributed by atoms with Crippen molar-refractivity contribution in [2.45, 2.75) is 31.2 Å². The van der Waals surface area contributed by atoms with Crippen molar-refractivity contribution in [3.05, 3.63) is 60.2 Å². The number of carbonyl (C=O) groups is 1. The number of alkyl halides is 6. The van der Waals surface area contributed by atoms with Crippen LogP contribution in [-0.2, 0) is 11.0 Å². The van der Waals surface area contributed by atoms with E-state index >= 15 is 0 Å². The van der Waals surface area contributed by atoms with Crippen molar-refractivity contribution >= 4 is 29.2 Å². The predicted molar refractivity (Wildman–Crippen MR) is 134 cm³/mol. The van der Waals surface area contributed by atoms with Gasteiger partial charge in [0.1, 0.15) is 0 Å². The summed E-state index contributed by atoms with van der Waals surface area (Å²) in [7, 11) is 0. The summed E-state index contributed by atoms with van der Waals surface area (Å²) in [6.07, 6.45) is -8.27. The van der Waals surface area contributed by atoms with Gasteiger partial charge in [0.05, 0.1) is 12.1 Å². The number of carbonyl (C=O) groups excluding carboxylic acids is 1. The molecule has 3 N–H and O–H groups in total. The highest BCUT2D eigenvalue weighted by molar-refractivity contribution is 5.81. The number of anilines is 4. The smallest absolute Gasteiger partial charge is 0.422 e. The molecule has 1 aliphatic heterocycles. The Morgan fingerprint density at radius 3 is 2.25 bits per heavy atom. The molecule has 0 saturated carbocycles. The summed E-state index contributed by atoms with van der Waals surface area (Å²) in [4.78, 5) is 26.0. The van der Waals surface area contributed by atoms with Gasteiger partial charge in [0, 0.05) is 30.5 Å². The number of nitrogens with one attached hydrogen (secondary N) is 3. The van der Waals surface area contributed by atoms with Crippen molar-refractivity contribution in [2.24, 2.45) is 0 Å². The van der Waals surface area contributed by atoms with Gasteiger partial charge in [-0.1, -0.05) is 24.3 Å². The van der Waals surface area contributed by atoms with E-state index in [4.69, 9.17) is 0 Å². The molecule has 1 fully saturated rings. The van der Waals surface area contributed by atoms with E-state index in [2.05, 4.69) is 35.6 Å². The Morgan fingerprint density at radius 1 is 0.900 bits per heavy atom. The van der Waals surface area contributed by atoms with E-state index in [1.165, 1.54) is 6.07 Å². The summed E-state index contributed by atoms with van der Waals surface area (Å²) < 4.78 is 82.0. The number of halogens is 6. The summed E-state index contributed by atoms with van der Waals surface area (Å²) >= 11 is 0. The van der Waals surface area contributed by atoms with Crippen molar-refractivity contribution < 1.29 is 35.9 Å². The van der Waals surface area contributed by atoms with Crippen molar-refractivity contribution in [3.8, 4) is 6.01 Å². The highest BCUT2D eigenvalue weighted by Gasteiger charge is 2.31. The largest absolute Gasteiger partial charge is 0.454 e. The lowest BCUT2D eigenvalue weighted by atomic mass is 10.1. The fraction of sp³-hybridized carbons (Fsp3) is 0.360. The summed E-state index contributed by atoms with van der Waals surface area (Å²) in [5.74, 6) is -0.524. The quantitative estimate of drug-likeness (QED) is 0.306. The first kappa shape index (κ1) is 28.7. The van der Waals surface area contributed by atoms with E-state index in [1.807, 2.05) is 30.3 Å². The molecule has 214 valence electrons. The molecule has 0 bridgehead atoms. The Morgan fingerprint density at radius 2 is 1.57 bits per heavy atom. The van der Waals surface area contributed by atoms with Crippen molar-refractivity contribution in [2.75, 3.05) is 42.2 Å². The minimum Gasteiger partial charge on any atom is -0.454 e. The molecular formula is C25H25F6N7O2. The monoisotopic (exact) mass is 569 g/mol. The van der Waals surface area contributed by atoms with E-state index in [1.54, 1.807) is 4.90 Å². The van der Waals surface area contributed by atoms with Crippen LogP contribution in [0.4, 0.5) is 49.6 Å². The number of benzene rings is 2. The Hall–Kier alpha value is -4.30. The van der Waals surface area contributed by atoms with Crippen LogP contribution >= 0.6 is 0 Å². The van der Waals surface area contributed by atoms with Gasteiger partial charge in [-0.3, -0.25) is 4.79 Å². The zero-order valence-corrected chi connectivity index (χ0v) is 20.9. The van der Waals surface area contributed by atoms with Gasteiger partial charge < -0.3 is 25.6 Å². The first-order chi connectivity index (χ1) is 18.9. The maximum absolute atomic E-state index is 13.1. The number of aromatic nitrogens is 3. The van der Waals surface area contributed by atoms with Gasteiger partial charge in [-0.15, -0.1) is 0 Å². The number of nitrogens with zero attached hydrogens (tertiary/aromatic N) is 4. The van der Waals surface area contributed by atoms with Crippen molar-refractivity contribution in [1.29, 1.82) is 0 Å². The molecule has 0 unspecified atom stereocenters. The molecule has 0 spiro atoms. The molecule has 3 aromatic rings. The Kier molecular flexibility index (Phi) is 8.80. The second-order valence-corrected chi connectivity index (χ2v) is 8.89. The van der Waals surface area contributed by atoms with Crippen molar-refractivity contribution in [1.82, 2.24) is 19.9 Å². The van der Waals surface area contributed by atoms with Gasteiger partial charge in [-0.05, 0) is 43.2 Å². The molecule has 0 aliphatic carbocycles. The fourth-order valence-corrected chi connectivity index (χ4v) is 3.89. The lowest BCUT2D eigenvalue weighted by Gasteiger charge is -2.32. The fourth-order valence-electron chi connectivity index (χ4n) is 3.89. The van der Waals surface area contributed by atoms with Crippen LogP contribution < -0.4 is 20.7 Å². The average molecular weight is 570 g/mol. The molecule has 9 nitrogen and oxygen atoms in total. The SMILES string of the molecule is O=C(CNc1ccccc1)N1CCC(Nc2nc(Nc3cccc(C(F)(F)F)c3)nc(OCC(F)(F)F)n2)CC1. The summed E-state index contributed by atoms with van der Waals surface area (Å²) in [6, 6.07) is 12.5. The van der Waals surface area contributed by atoms with Crippen LogP contribution in [0.25, 0.3) is 0 Å². The zero-order valence-electron chi connectivity index (χ0n) is 20.9. The highest BCUT2D eigenvalue weighted by Crippen LogP contribution is 2.31. The van der Waals surface area contributed by atoms with Gasteiger partial charge in [0.15, 0.2) is 6.61 Å². The lowest BCUT2D eigenvalue weighted by molar-refractivity contribution is -0.154. The van der Waals surface area contributed by atoms with E-state index in [0.29, 0.717) is 25.9 Å². The Bertz CT molecular complexity index is 1280. The molecule has 1 aromatic heterocycles. The van der Waals surface area contributed by atoms with Crippen LogP contribution in [0.1, 0.15) is 18.4 Å². The topological polar surface area (TPSA) is 104 Å². The Balaban J connectivity index is 1.40. The molecule has 1 saturated heterocycles. The maximum Gasteiger partial charge on any atom is 0.422 e. The number of rotatable bonds is 9. The third-order valence-corrected chi connectivity index (χ3v) is 5.82. The van der Waals surface area contributed by atoms with Gasteiger partial charge in [-0.25, -0.2) is 0 Å². The molecule has 0 radical (unpaired) electrons. The number of para-hydroxylation sites is 1. The van der Waals surface area contributed by atoms with Gasteiger partial charge in [0.2, 0.25) is 17.8 Å². The second kappa shape index (κ2) is 12.3. The van der Waals surface area contributed by atoms with E-state index in [0.717, 1.165) is 23.9 Å². The summed E-state index contributed by atoms with van der Waals surface area (Å²) in [5.41, 5.74) is -0.149. The molecule has 1 amide bonds. The number of piperidine rings is 1. The second-order valence-electron chi connectivity index (χ2n) is 8.89. The lowest BCUT2D eigenvalue weighted by Crippen LogP contribution is -2.44. The van der Waals surface area contributed by atoms with E-state index in [-0.39, 0.29) is 36.1 Å². The summed E-state index contributed by atoms with van der Waals surface area (Å²) in [5, 5.41) is 8.62. The maximum atomic E-state index is 13.1. The molecule has 1 aliphatic rings. The first-order valence-corrected chi connectivity index (χ1v) is 12.2. The standard InChI is InChI=1S/C25H25F6N7O2/c26-24(27,28)15-40-23-36-21(35-22(37-23)34-19-8-4-5-16(13-19)25(29,30)31)33-18-9-11-38(12-10-18)20(39)14-32-17-6-2-1-3-7-17/h1-8,13,18,32H,9-12,14-15H2,(H2,33,34,35,36,37). The number of ether oxygens (including phenoxy) is 1. The molecule has 40 heavy (non-hydrogen) atoms. The Labute approximate surface area is 225 Å². The summed E-state index contributed by atoms with van der Waals surface area (Å²) in [6.45, 7) is -0.702.